The lowest BCUT2D eigenvalue weighted by atomic mass is 10.1. The van der Waals surface area contributed by atoms with Crippen LogP contribution in [0.1, 0.15) is 118 Å². The van der Waals surface area contributed by atoms with Gasteiger partial charge in [0.1, 0.15) is 12.7 Å². The summed E-state index contributed by atoms with van der Waals surface area (Å²) in [4.78, 5) is 12.4. The van der Waals surface area contributed by atoms with Crippen molar-refractivity contribution in [2.24, 2.45) is 0 Å². The molecular formula is C31H58N4O5S. The van der Waals surface area contributed by atoms with Gasteiger partial charge in [-0.1, -0.05) is 70.4 Å². The van der Waals surface area contributed by atoms with Crippen LogP contribution in [0.2, 0.25) is 0 Å². The molecule has 1 fully saturated rings. The van der Waals surface area contributed by atoms with Crippen molar-refractivity contribution >= 4 is 23.5 Å². The third-order valence-electron chi connectivity index (χ3n) is 6.69. The minimum atomic E-state index is -0.664. The van der Waals surface area contributed by atoms with Crippen molar-refractivity contribution in [1.82, 2.24) is 14.1 Å². The number of morpholine rings is 1. The maximum absolute atomic E-state index is 10.3. The molecule has 0 amide bonds. The summed E-state index contributed by atoms with van der Waals surface area (Å²) < 4.78 is 19.4. The highest BCUT2D eigenvalue weighted by Crippen LogP contribution is 2.26. The molecule has 1 saturated heterocycles. The molecule has 1 aliphatic heterocycles. The van der Waals surface area contributed by atoms with Crippen molar-refractivity contribution in [2.45, 2.75) is 129 Å². The number of aliphatic carboxylic acids is 1. The van der Waals surface area contributed by atoms with Gasteiger partial charge in [-0.25, -0.2) is 0 Å². The number of ether oxygens (including phenoxy) is 2. The molecule has 0 saturated carbocycles. The summed E-state index contributed by atoms with van der Waals surface area (Å²) in [5.41, 5.74) is -0.0257. The number of anilines is 1. The van der Waals surface area contributed by atoms with Gasteiger partial charge in [0.15, 0.2) is 0 Å². The number of unbranched alkanes of at least 4 members (excludes halogenated alkanes) is 11. The fourth-order valence-electron chi connectivity index (χ4n) is 4.24. The SMILES string of the molecule is CC(C)(C)NC[C@H](O)COc1nsnc1N1CCOCC1.CCCCCCCC/C=C\CCCCCCCC(=O)O. The zero-order valence-corrected chi connectivity index (χ0v) is 27.1. The molecule has 2 rings (SSSR count). The standard InChI is InChI=1S/C18H34O2.C13H24N4O3S/c1-2-3-4-5-6-7-8-9-10-11-12-13-14-15-16-17-18(19)20;1-13(2,3)14-8-10(18)9-20-12-11(15-21-16-12)17-4-6-19-7-5-17/h9-10H,2-8,11-17H2,1H3,(H,19,20);10,14,18H,4-9H2,1-3H3/b10-9-;/t;10-/m.0/s1. The minimum absolute atomic E-state index is 0.0257. The lowest BCUT2D eigenvalue weighted by Gasteiger charge is -2.27. The number of carbonyl (C=O) groups is 1. The molecule has 10 heteroatoms. The van der Waals surface area contributed by atoms with Gasteiger partial charge in [-0.15, -0.1) is 4.37 Å². The van der Waals surface area contributed by atoms with E-state index in [0.29, 0.717) is 32.1 Å². The topological polar surface area (TPSA) is 117 Å². The first kappa shape index (κ1) is 37.3. The fraction of sp³-hybridized carbons (Fsp3) is 0.839. The molecule has 1 aromatic heterocycles. The maximum Gasteiger partial charge on any atom is 0.303 e. The summed E-state index contributed by atoms with van der Waals surface area (Å²) in [6.45, 7) is 12.1. The van der Waals surface area contributed by atoms with Gasteiger partial charge in [-0.3, -0.25) is 4.79 Å². The van der Waals surface area contributed by atoms with E-state index < -0.39 is 12.1 Å². The Kier molecular flexibility index (Phi) is 21.6. The number of aromatic nitrogens is 2. The number of hydrogen-bond acceptors (Lipinski definition) is 9. The molecule has 238 valence electrons. The molecule has 1 aliphatic rings. The number of rotatable bonds is 21. The van der Waals surface area contributed by atoms with E-state index in [9.17, 15) is 9.90 Å². The monoisotopic (exact) mass is 598 g/mol. The largest absolute Gasteiger partial charge is 0.481 e. The average Bonchev–Trinajstić information content (AvgIpc) is 3.42. The van der Waals surface area contributed by atoms with Gasteiger partial charge in [0.25, 0.3) is 5.88 Å². The second kappa shape index (κ2) is 23.8. The van der Waals surface area contributed by atoms with Crippen molar-refractivity contribution in [3.05, 3.63) is 12.2 Å². The van der Waals surface area contributed by atoms with Crippen LogP contribution in [0.4, 0.5) is 5.82 Å². The number of β-amino-alcohol motifs (C(OH)–C–C–N with tert-alkyl or cyclic N) is 1. The van der Waals surface area contributed by atoms with Gasteiger partial charge in [0.05, 0.1) is 24.9 Å². The van der Waals surface area contributed by atoms with Crippen molar-refractivity contribution in [3.63, 3.8) is 0 Å². The molecule has 0 aliphatic carbocycles. The highest BCUT2D eigenvalue weighted by molar-refractivity contribution is 6.99. The van der Waals surface area contributed by atoms with E-state index in [1.807, 2.05) is 0 Å². The van der Waals surface area contributed by atoms with Gasteiger partial charge >= 0.3 is 5.97 Å². The van der Waals surface area contributed by atoms with E-state index in [2.05, 4.69) is 58.8 Å². The van der Waals surface area contributed by atoms with Crippen LogP contribution in [0.15, 0.2) is 12.2 Å². The second-order valence-corrected chi connectivity index (χ2v) is 12.3. The summed E-state index contributed by atoms with van der Waals surface area (Å²) in [5, 5.41) is 21.7. The molecule has 0 radical (unpaired) electrons. The maximum atomic E-state index is 10.3. The van der Waals surface area contributed by atoms with Gasteiger partial charge < -0.3 is 29.9 Å². The first-order chi connectivity index (χ1) is 19.7. The van der Waals surface area contributed by atoms with Crippen LogP contribution in [0.3, 0.4) is 0 Å². The molecule has 3 N–H and O–H groups in total. The van der Waals surface area contributed by atoms with Crippen LogP contribution in [-0.2, 0) is 9.53 Å². The van der Waals surface area contributed by atoms with Gasteiger partial charge in [0.2, 0.25) is 5.82 Å². The molecule has 2 heterocycles. The number of nitrogens with one attached hydrogen (secondary N) is 1. The number of aliphatic hydroxyl groups is 1. The Morgan fingerprint density at radius 3 is 2.17 bits per heavy atom. The summed E-state index contributed by atoms with van der Waals surface area (Å²) >= 11 is 1.12. The number of carboxylic acid groups (broad SMARTS) is 1. The van der Waals surface area contributed by atoms with E-state index in [1.165, 1.54) is 70.6 Å². The Morgan fingerprint density at radius 1 is 1.00 bits per heavy atom. The molecular weight excluding hydrogens is 540 g/mol. The molecule has 0 unspecified atom stereocenters. The summed E-state index contributed by atoms with van der Waals surface area (Å²) in [6, 6.07) is 0. The Bertz CT molecular complexity index is 794. The Labute approximate surface area is 253 Å². The number of hydrogen-bond donors (Lipinski definition) is 3. The van der Waals surface area contributed by atoms with Gasteiger partial charge in [-0.05, 0) is 52.9 Å². The van der Waals surface area contributed by atoms with Gasteiger partial charge in [0, 0.05) is 31.6 Å². The Morgan fingerprint density at radius 2 is 1.59 bits per heavy atom. The molecule has 1 atom stereocenters. The third kappa shape index (κ3) is 21.6. The van der Waals surface area contributed by atoms with Crippen LogP contribution in [0.5, 0.6) is 5.88 Å². The minimum Gasteiger partial charge on any atom is -0.481 e. The van der Waals surface area contributed by atoms with Crippen molar-refractivity contribution in [3.8, 4) is 5.88 Å². The lowest BCUT2D eigenvalue weighted by molar-refractivity contribution is -0.137. The zero-order chi connectivity index (χ0) is 30.2. The van der Waals surface area contributed by atoms with Crippen LogP contribution < -0.4 is 15.0 Å². The average molecular weight is 599 g/mol. The van der Waals surface area contributed by atoms with Crippen LogP contribution in [0.25, 0.3) is 0 Å². The summed E-state index contributed by atoms with van der Waals surface area (Å²) in [6.07, 6.45) is 20.7. The molecule has 0 aromatic carbocycles. The van der Waals surface area contributed by atoms with Gasteiger partial charge in [-0.2, -0.15) is 4.37 Å². The number of allylic oxidation sites excluding steroid dienone is 2. The van der Waals surface area contributed by atoms with E-state index in [-0.39, 0.29) is 12.1 Å². The Hall–Kier alpha value is -1.75. The van der Waals surface area contributed by atoms with E-state index in [0.717, 1.165) is 43.5 Å². The van der Waals surface area contributed by atoms with Crippen LogP contribution in [-0.4, -0.2) is 76.0 Å². The fourth-order valence-corrected chi connectivity index (χ4v) is 4.76. The molecule has 41 heavy (non-hydrogen) atoms. The summed E-state index contributed by atoms with van der Waals surface area (Å²) in [5.74, 6) is 0.582. The second-order valence-electron chi connectivity index (χ2n) is 11.8. The number of nitrogens with zero attached hydrogens (tertiary/aromatic N) is 3. The molecule has 0 bridgehead atoms. The predicted molar refractivity (Wildman–Crippen MR) is 169 cm³/mol. The molecule has 1 aromatic rings. The highest BCUT2D eigenvalue weighted by atomic mass is 32.1. The Balaban J connectivity index is 0.000000411. The predicted octanol–water partition coefficient (Wildman–Crippen LogP) is 6.61. The van der Waals surface area contributed by atoms with E-state index in [1.54, 1.807) is 0 Å². The van der Waals surface area contributed by atoms with E-state index >= 15 is 0 Å². The first-order valence-corrected chi connectivity index (χ1v) is 16.5. The normalized spacial score (nSPS) is 14.6. The van der Waals surface area contributed by atoms with Crippen LogP contribution >= 0.6 is 11.7 Å². The third-order valence-corrected chi connectivity index (χ3v) is 7.19. The zero-order valence-electron chi connectivity index (χ0n) is 26.2. The lowest BCUT2D eigenvalue weighted by Crippen LogP contribution is -2.42. The quantitative estimate of drug-likeness (QED) is 0.106. The van der Waals surface area contributed by atoms with Crippen molar-refractivity contribution in [2.75, 3.05) is 44.4 Å². The number of carboxylic acids is 1. The highest BCUT2D eigenvalue weighted by Gasteiger charge is 2.21. The molecule has 0 spiro atoms. The van der Waals surface area contributed by atoms with Crippen molar-refractivity contribution in [1.29, 1.82) is 0 Å². The number of aliphatic hydroxyl groups excluding tert-OH is 1. The smallest absolute Gasteiger partial charge is 0.303 e. The van der Waals surface area contributed by atoms with E-state index in [4.69, 9.17) is 14.6 Å². The first-order valence-electron chi connectivity index (χ1n) is 15.8. The summed E-state index contributed by atoms with van der Waals surface area (Å²) in [7, 11) is 0. The van der Waals surface area contributed by atoms with Crippen LogP contribution in [0, 0.1) is 0 Å². The van der Waals surface area contributed by atoms with Crippen molar-refractivity contribution < 1.29 is 24.5 Å². The molecule has 9 nitrogen and oxygen atoms in total.